The van der Waals surface area contributed by atoms with E-state index in [1.807, 2.05) is 18.0 Å². The number of hydrogen-bond donors (Lipinski definition) is 0. The molecule has 1 aromatic rings. The smallest absolute Gasteiger partial charge is 0.256 e. The van der Waals surface area contributed by atoms with Gasteiger partial charge >= 0.3 is 0 Å². The number of fused-ring (bicyclic) bond motifs is 2. The molecule has 1 saturated heterocycles. The molecule has 4 nitrogen and oxygen atoms in total. The molecule has 1 fully saturated rings. The van der Waals surface area contributed by atoms with E-state index in [9.17, 15) is 4.79 Å². The fourth-order valence-electron chi connectivity index (χ4n) is 3.12. The van der Waals surface area contributed by atoms with Crippen molar-refractivity contribution in [2.45, 2.75) is 18.4 Å². The molecule has 1 amide bonds. The van der Waals surface area contributed by atoms with Crippen LogP contribution >= 0.6 is 0 Å². The predicted octanol–water partition coefficient (Wildman–Crippen LogP) is 1.09. The largest absolute Gasteiger partial charge is 0.332 e. The van der Waals surface area contributed by atoms with E-state index in [-0.39, 0.29) is 11.4 Å². The maximum absolute atomic E-state index is 12.2. The maximum atomic E-state index is 12.2. The zero-order chi connectivity index (χ0) is 12.0. The highest BCUT2D eigenvalue weighted by Gasteiger charge is 2.48. The van der Waals surface area contributed by atoms with Crippen LogP contribution in [0.4, 0.5) is 0 Å². The zero-order valence-electron chi connectivity index (χ0n) is 10.3. The van der Waals surface area contributed by atoms with Crippen molar-refractivity contribution in [1.82, 2.24) is 14.8 Å². The fourth-order valence-corrected chi connectivity index (χ4v) is 3.12. The summed E-state index contributed by atoms with van der Waals surface area (Å²) in [4.78, 5) is 20.5. The second kappa shape index (κ2) is 3.53. The summed E-state index contributed by atoms with van der Waals surface area (Å²) >= 11 is 0. The SMILES string of the molecule is CN1CCC2(CC1)c1ccncc1C(=O)N2C. The topological polar surface area (TPSA) is 36.4 Å². The van der Waals surface area contributed by atoms with Crippen LogP contribution in [0.1, 0.15) is 28.8 Å². The molecule has 0 bridgehead atoms. The van der Waals surface area contributed by atoms with Crippen LogP contribution in [0.25, 0.3) is 0 Å². The van der Waals surface area contributed by atoms with Crippen molar-refractivity contribution in [2.24, 2.45) is 0 Å². The Morgan fingerprint density at radius 3 is 2.71 bits per heavy atom. The van der Waals surface area contributed by atoms with E-state index in [1.165, 1.54) is 5.56 Å². The molecule has 0 saturated carbocycles. The van der Waals surface area contributed by atoms with E-state index >= 15 is 0 Å². The standard InChI is InChI=1S/C13H17N3O/c1-15-7-4-13(5-8-15)11-3-6-14-9-10(11)12(17)16(13)2/h3,6,9H,4-5,7-8H2,1-2H3. The summed E-state index contributed by atoms with van der Waals surface area (Å²) in [6.45, 7) is 2.08. The van der Waals surface area contributed by atoms with Crippen LogP contribution in [-0.4, -0.2) is 47.9 Å². The van der Waals surface area contributed by atoms with Crippen LogP contribution < -0.4 is 0 Å². The Labute approximate surface area is 101 Å². The van der Waals surface area contributed by atoms with Crippen LogP contribution in [-0.2, 0) is 5.54 Å². The van der Waals surface area contributed by atoms with Gasteiger partial charge in [0.1, 0.15) is 0 Å². The number of carbonyl (C=O) groups is 1. The molecule has 2 aliphatic heterocycles. The lowest BCUT2D eigenvalue weighted by Gasteiger charge is -2.43. The molecule has 3 heterocycles. The normalized spacial score (nSPS) is 23.2. The first-order valence-corrected chi connectivity index (χ1v) is 6.06. The van der Waals surface area contributed by atoms with Crippen LogP contribution in [0.15, 0.2) is 18.5 Å². The first-order chi connectivity index (χ1) is 8.15. The minimum absolute atomic E-state index is 0.0815. The molecule has 0 atom stereocenters. The summed E-state index contributed by atoms with van der Waals surface area (Å²) in [6, 6.07) is 2.02. The third-order valence-corrected chi connectivity index (χ3v) is 4.31. The highest BCUT2D eigenvalue weighted by Crippen LogP contribution is 2.44. The van der Waals surface area contributed by atoms with Crippen LogP contribution in [0.5, 0.6) is 0 Å². The van der Waals surface area contributed by atoms with Gasteiger partial charge in [0.25, 0.3) is 5.91 Å². The van der Waals surface area contributed by atoms with Gasteiger partial charge in [-0.3, -0.25) is 9.78 Å². The number of rotatable bonds is 0. The van der Waals surface area contributed by atoms with Gasteiger partial charge in [0, 0.05) is 32.5 Å². The van der Waals surface area contributed by atoms with E-state index in [0.717, 1.165) is 31.5 Å². The Morgan fingerprint density at radius 1 is 1.29 bits per heavy atom. The fraction of sp³-hybridized carbons (Fsp3) is 0.538. The van der Waals surface area contributed by atoms with E-state index in [0.29, 0.717) is 0 Å². The minimum Gasteiger partial charge on any atom is -0.332 e. The van der Waals surface area contributed by atoms with Crippen molar-refractivity contribution in [3.8, 4) is 0 Å². The molecule has 0 aliphatic carbocycles. The van der Waals surface area contributed by atoms with Gasteiger partial charge in [-0.15, -0.1) is 0 Å². The third-order valence-electron chi connectivity index (χ3n) is 4.31. The molecule has 0 aromatic carbocycles. The van der Waals surface area contributed by atoms with Gasteiger partial charge < -0.3 is 9.80 Å². The molecule has 17 heavy (non-hydrogen) atoms. The van der Waals surface area contributed by atoms with Gasteiger partial charge in [0.2, 0.25) is 0 Å². The van der Waals surface area contributed by atoms with Crippen LogP contribution in [0.2, 0.25) is 0 Å². The molecule has 1 spiro atoms. The molecule has 90 valence electrons. The highest BCUT2D eigenvalue weighted by atomic mass is 16.2. The van der Waals surface area contributed by atoms with Gasteiger partial charge in [-0.05, 0) is 31.5 Å². The number of hydrogen-bond acceptors (Lipinski definition) is 3. The number of piperidine rings is 1. The average molecular weight is 231 g/mol. The van der Waals surface area contributed by atoms with Gasteiger partial charge in [-0.1, -0.05) is 0 Å². The van der Waals surface area contributed by atoms with E-state index in [4.69, 9.17) is 0 Å². The summed E-state index contributed by atoms with van der Waals surface area (Å²) in [5.74, 6) is 0.123. The molecule has 2 aliphatic rings. The van der Waals surface area contributed by atoms with Crippen molar-refractivity contribution in [1.29, 1.82) is 0 Å². The second-order valence-electron chi connectivity index (χ2n) is 5.12. The lowest BCUT2D eigenvalue weighted by molar-refractivity contribution is 0.0425. The maximum Gasteiger partial charge on any atom is 0.256 e. The van der Waals surface area contributed by atoms with Crippen molar-refractivity contribution in [3.63, 3.8) is 0 Å². The molecule has 1 aromatic heterocycles. The summed E-state index contributed by atoms with van der Waals surface area (Å²) in [6.07, 6.45) is 5.54. The van der Waals surface area contributed by atoms with Crippen molar-refractivity contribution in [2.75, 3.05) is 27.2 Å². The molecule has 0 unspecified atom stereocenters. The molecule has 3 rings (SSSR count). The first-order valence-electron chi connectivity index (χ1n) is 6.06. The Hall–Kier alpha value is -1.42. The summed E-state index contributed by atoms with van der Waals surface area (Å²) < 4.78 is 0. The predicted molar refractivity (Wildman–Crippen MR) is 64.7 cm³/mol. The summed E-state index contributed by atoms with van der Waals surface area (Å²) in [7, 11) is 4.06. The van der Waals surface area contributed by atoms with Gasteiger partial charge in [0.15, 0.2) is 0 Å². The van der Waals surface area contributed by atoms with Crippen LogP contribution in [0.3, 0.4) is 0 Å². The number of amides is 1. The van der Waals surface area contributed by atoms with Gasteiger partial charge in [-0.2, -0.15) is 0 Å². The van der Waals surface area contributed by atoms with E-state index < -0.39 is 0 Å². The second-order valence-corrected chi connectivity index (χ2v) is 5.12. The number of likely N-dealkylation sites (tertiary alicyclic amines) is 1. The zero-order valence-corrected chi connectivity index (χ0v) is 10.3. The Kier molecular flexibility index (Phi) is 2.23. The van der Waals surface area contributed by atoms with Crippen LogP contribution in [0, 0.1) is 0 Å². The van der Waals surface area contributed by atoms with Crippen molar-refractivity contribution < 1.29 is 4.79 Å². The summed E-state index contributed by atoms with van der Waals surface area (Å²) in [5, 5.41) is 0. The van der Waals surface area contributed by atoms with Crippen molar-refractivity contribution >= 4 is 5.91 Å². The number of aromatic nitrogens is 1. The molecular weight excluding hydrogens is 214 g/mol. The molecular formula is C13H17N3O. The first kappa shape index (κ1) is 10.7. The van der Waals surface area contributed by atoms with Gasteiger partial charge in [0.05, 0.1) is 11.1 Å². The molecule has 4 heteroatoms. The molecule has 0 N–H and O–H groups in total. The monoisotopic (exact) mass is 231 g/mol. The number of nitrogens with zero attached hydrogens (tertiary/aromatic N) is 3. The quantitative estimate of drug-likeness (QED) is 0.670. The number of pyridine rings is 1. The van der Waals surface area contributed by atoms with E-state index in [1.54, 1.807) is 12.4 Å². The lowest BCUT2D eigenvalue weighted by atomic mass is 9.81. The Balaban J connectivity index is 2.09. The summed E-state index contributed by atoms with van der Waals surface area (Å²) in [5.41, 5.74) is 1.88. The lowest BCUT2D eigenvalue weighted by Crippen LogP contribution is -2.48. The molecule has 0 radical (unpaired) electrons. The average Bonchev–Trinajstić information content (AvgIpc) is 2.57. The Morgan fingerprint density at radius 2 is 2.00 bits per heavy atom. The third kappa shape index (κ3) is 1.33. The minimum atomic E-state index is -0.0815. The highest BCUT2D eigenvalue weighted by molar-refractivity contribution is 5.99. The van der Waals surface area contributed by atoms with Gasteiger partial charge in [-0.25, -0.2) is 0 Å². The van der Waals surface area contributed by atoms with Crippen molar-refractivity contribution in [3.05, 3.63) is 29.6 Å². The number of carbonyl (C=O) groups excluding carboxylic acids is 1. The Bertz CT molecular complexity index is 463. The van der Waals surface area contributed by atoms with E-state index in [2.05, 4.69) is 16.9 Å².